The first-order valence-electron chi connectivity index (χ1n) is 9.54. The van der Waals surface area contributed by atoms with E-state index in [4.69, 9.17) is 4.74 Å². The van der Waals surface area contributed by atoms with Crippen LogP contribution in [0.5, 0.6) is 5.75 Å². The van der Waals surface area contributed by atoms with Crippen molar-refractivity contribution in [2.75, 3.05) is 19.0 Å². The number of nitrogens with one attached hydrogen (secondary N) is 1. The van der Waals surface area contributed by atoms with Gasteiger partial charge in [-0.2, -0.15) is 4.31 Å². The summed E-state index contributed by atoms with van der Waals surface area (Å²) in [5.41, 5.74) is 2.08. The van der Waals surface area contributed by atoms with Gasteiger partial charge >= 0.3 is 0 Å². The van der Waals surface area contributed by atoms with E-state index in [1.165, 1.54) is 19.2 Å². The summed E-state index contributed by atoms with van der Waals surface area (Å²) >= 11 is 0. The minimum absolute atomic E-state index is 0.0150. The van der Waals surface area contributed by atoms with E-state index in [1.807, 2.05) is 19.1 Å². The van der Waals surface area contributed by atoms with E-state index < -0.39 is 28.3 Å². The number of sulfonamides is 1. The molecule has 0 fully saturated rings. The van der Waals surface area contributed by atoms with Gasteiger partial charge in [0.1, 0.15) is 11.6 Å². The molecule has 0 radical (unpaired) electrons. The predicted octanol–water partition coefficient (Wildman–Crippen LogP) is 3.97. The molecular weight excluding hydrogens is 419 g/mol. The van der Waals surface area contributed by atoms with Crippen molar-refractivity contribution >= 4 is 21.6 Å². The van der Waals surface area contributed by atoms with Crippen molar-refractivity contribution < 1.29 is 22.3 Å². The van der Waals surface area contributed by atoms with Gasteiger partial charge in [0.25, 0.3) is 0 Å². The summed E-state index contributed by atoms with van der Waals surface area (Å²) in [6.45, 7) is 1.43. The number of benzene rings is 3. The quantitative estimate of drug-likeness (QED) is 0.573. The first-order chi connectivity index (χ1) is 14.8. The van der Waals surface area contributed by atoms with E-state index in [0.717, 1.165) is 22.0 Å². The molecule has 8 heteroatoms. The molecule has 0 saturated carbocycles. The Bertz CT molecular complexity index is 1150. The van der Waals surface area contributed by atoms with Gasteiger partial charge in [-0.1, -0.05) is 36.4 Å². The van der Waals surface area contributed by atoms with E-state index in [-0.39, 0.29) is 11.4 Å². The Morgan fingerprint density at radius 3 is 2.35 bits per heavy atom. The van der Waals surface area contributed by atoms with Crippen molar-refractivity contribution in [1.82, 2.24) is 4.31 Å². The highest BCUT2D eigenvalue weighted by Gasteiger charge is 2.27. The normalized spacial score (nSPS) is 11.4. The maximum Gasteiger partial charge on any atom is 0.243 e. The van der Waals surface area contributed by atoms with E-state index in [9.17, 15) is 17.6 Å². The summed E-state index contributed by atoms with van der Waals surface area (Å²) in [4.78, 5) is 12.7. The molecule has 6 nitrogen and oxygen atoms in total. The van der Waals surface area contributed by atoms with Crippen molar-refractivity contribution in [3.05, 3.63) is 89.7 Å². The third-order valence-corrected chi connectivity index (χ3v) is 6.41. The van der Waals surface area contributed by atoms with Gasteiger partial charge in [0.15, 0.2) is 0 Å². The largest absolute Gasteiger partial charge is 0.495 e. The zero-order valence-corrected chi connectivity index (χ0v) is 18.0. The van der Waals surface area contributed by atoms with Gasteiger partial charge < -0.3 is 10.1 Å². The van der Waals surface area contributed by atoms with Crippen LogP contribution in [0.25, 0.3) is 0 Å². The Kier molecular flexibility index (Phi) is 7.04. The fourth-order valence-electron chi connectivity index (χ4n) is 3.04. The number of aryl methyl sites for hydroxylation is 1. The fourth-order valence-corrected chi connectivity index (χ4v) is 4.42. The van der Waals surface area contributed by atoms with Crippen molar-refractivity contribution in [2.24, 2.45) is 0 Å². The van der Waals surface area contributed by atoms with Gasteiger partial charge in [0.05, 0.1) is 24.2 Å². The standard InChI is InChI=1S/C23H23FN2O4S/c1-17-8-13-22(30-2)21(14-17)25-23(27)16-26(15-18-6-4-3-5-7-18)31(28,29)20-11-9-19(24)10-12-20/h3-14H,15-16H2,1-2H3,(H,25,27). The second-order valence-corrected chi connectivity index (χ2v) is 8.90. The third-order valence-electron chi connectivity index (χ3n) is 4.60. The number of hydrogen-bond donors (Lipinski definition) is 1. The number of nitrogens with zero attached hydrogens (tertiary/aromatic N) is 1. The number of anilines is 1. The number of methoxy groups -OCH3 is 1. The van der Waals surface area contributed by atoms with Crippen LogP contribution in [0.15, 0.2) is 77.7 Å². The first-order valence-corrected chi connectivity index (χ1v) is 11.0. The Morgan fingerprint density at radius 1 is 1.03 bits per heavy atom. The molecule has 0 saturated heterocycles. The number of hydrogen-bond acceptors (Lipinski definition) is 4. The van der Waals surface area contributed by atoms with Crippen LogP contribution in [0.1, 0.15) is 11.1 Å². The summed E-state index contributed by atoms with van der Waals surface area (Å²) in [5.74, 6) is -0.599. The summed E-state index contributed by atoms with van der Waals surface area (Å²) < 4.78 is 46.0. The van der Waals surface area contributed by atoms with Crippen LogP contribution >= 0.6 is 0 Å². The molecular formula is C23H23FN2O4S. The van der Waals surface area contributed by atoms with Gasteiger partial charge in [-0.25, -0.2) is 12.8 Å². The molecule has 0 aromatic heterocycles. The predicted molar refractivity (Wildman–Crippen MR) is 117 cm³/mol. The van der Waals surface area contributed by atoms with Crippen LogP contribution in [0.3, 0.4) is 0 Å². The summed E-state index contributed by atoms with van der Waals surface area (Å²) in [7, 11) is -2.57. The van der Waals surface area contributed by atoms with Crippen LogP contribution in [-0.2, 0) is 21.4 Å². The minimum Gasteiger partial charge on any atom is -0.495 e. The SMILES string of the molecule is COc1ccc(C)cc1NC(=O)CN(Cc1ccccc1)S(=O)(=O)c1ccc(F)cc1. The molecule has 0 aliphatic carbocycles. The number of amides is 1. The maximum atomic E-state index is 13.3. The topological polar surface area (TPSA) is 75.7 Å². The highest BCUT2D eigenvalue weighted by Crippen LogP contribution is 2.25. The monoisotopic (exact) mass is 442 g/mol. The maximum absolute atomic E-state index is 13.3. The van der Waals surface area contributed by atoms with Crippen molar-refractivity contribution in [1.29, 1.82) is 0 Å². The van der Waals surface area contributed by atoms with Crippen LogP contribution in [-0.4, -0.2) is 32.3 Å². The molecule has 3 aromatic rings. The Balaban J connectivity index is 1.88. The van der Waals surface area contributed by atoms with Crippen LogP contribution < -0.4 is 10.1 Å². The molecule has 0 spiro atoms. The van der Waals surface area contributed by atoms with Gasteiger partial charge in [-0.05, 0) is 54.4 Å². The second-order valence-electron chi connectivity index (χ2n) is 6.96. The highest BCUT2D eigenvalue weighted by molar-refractivity contribution is 7.89. The van der Waals surface area contributed by atoms with Crippen LogP contribution in [0.4, 0.5) is 10.1 Å². The van der Waals surface area contributed by atoms with E-state index in [0.29, 0.717) is 17.0 Å². The molecule has 1 amide bonds. The summed E-state index contributed by atoms with van der Waals surface area (Å²) in [6, 6.07) is 18.8. The molecule has 3 rings (SSSR count). The molecule has 0 aliphatic rings. The minimum atomic E-state index is -4.05. The lowest BCUT2D eigenvalue weighted by Gasteiger charge is -2.22. The molecule has 0 heterocycles. The van der Waals surface area contributed by atoms with E-state index >= 15 is 0 Å². The fraction of sp³-hybridized carbons (Fsp3) is 0.174. The number of ether oxygens (including phenoxy) is 1. The van der Waals surface area contributed by atoms with Gasteiger partial charge in [-0.3, -0.25) is 4.79 Å². The Morgan fingerprint density at radius 2 is 1.71 bits per heavy atom. The van der Waals surface area contributed by atoms with Crippen molar-refractivity contribution in [2.45, 2.75) is 18.4 Å². The average Bonchev–Trinajstić information content (AvgIpc) is 2.74. The van der Waals surface area contributed by atoms with Crippen molar-refractivity contribution in [3.8, 4) is 5.75 Å². The van der Waals surface area contributed by atoms with E-state index in [1.54, 1.807) is 36.4 Å². The Labute approximate surface area is 181 Å². The van der Waals surface area contributed by atoms with Crippen LogP contribution in [0, 0.1) is 12.7 Å². The first kappa shape index (κ1) is 22.5. The van der Waals surface area contributed by atoms with E-state index in [2.05, 4.69) is 5.32 Å². The Hall–Kier alpha value is -3.23. The summed E-state index contributed by atoms with van der Waals surface area (Å²) in [6.07, 6.45) is 0. The van der Waals surface area contributed by atoms with Crippen molar-refractivity contribution in [3.63, 3.8) is 0 Å². The zero-order valence-electron chi connectivity index (χ0n) is 17.2. The summed E-state index contributed by atoms with van der Waals surface area (Å²) in [5, 5.41) is 2.72. The molecule has 0 bridgehead atoms. The molecule has 0 aliphatic heterocycles. The van der Waals surface area contributed by atoms with Gasteiger partial charge in [0.2, 0.25) is 15.9 Å². The molecule has 3 aromatic carbocycles. The van der Waals surface area contributed by atoms with Crippen LogP contribution in [0.2, 0.25) is 0 Å². The molecule has 1 N–H and O–H groups in total. The lowest BCUT2D eigenvalue weighted by molar-refractivity contribution is -0.116. The molecule has 0 atom stereocenters. The zero-order chi connectivity index (χ0) is 22.4. The number of carbonyl (C=O) groups excluding carboxylic acids is 1. The molecule has 31 heavy (non-hydrogen) atoms. The smallest absolute Gasteiger partial charge is 0.243 e. The number of halogens is 1. The van der Waals surface area contributed by atoms with Gasteiger partial charge in [0, 0.05) is 6.54 Å². The molecule has 162 valence electrons. The average molecular weight is 443 g/mol. The third kappa shape index (κ3) is 5.68. The van der Waals surface area contributed by atoms with Gasteiger partial charge in [-0.15, -0.1) is 0 Å². The second kappa shape index (κ2) is 9.72. The lowest BCUT2D eigenvalue weighted by atomic mass is 10.2. The number of carbonyl (C=O) groups is 1. The highest BCUT2D eigenvalue weighted by atomic mass is 32.2. The molecule has 0 unspecified atom stereocenters. The number of rotatable bonds is 8. The lowest BCUT2D eigenvalue weighted by Crippen LogP contribution is -2.37.